The van der Waals surface area contributed by atoms with Crippen molar-refractivity contribution in [2.24, 2.45) is 5.41 Å². The van der Waals surface area contributed by atoms with Crippen molar-refractivity contribution in [3.63, 3.8) is 0 Å². The van der Waals surface area contributed by atoms with Crippen LogP contribution in [-0.4, -0.2) is 23.1 Å². The fourth-order valence-corrected chi connectivity index (χ4v) is 2.45. The van der Waals surface area contributed by atoms with Crippen LogP contribution < -0.4 is 10.6 Å². The van der Waals surface area contributed by atoms with Crippen molar-refractivity contribution in [3.05, 3.63) is 12.4 Å². The van der Waals surface area contributed by atoms with Crippen LogP contribution in [0, 0.1) is 5.41 Å². The second kappa shape index (κ2) is 4.28. The van der Waals surface area contributed by atoms with E-state index < -0.39 is 0 Å². The first-order valence-electron chi connectivity index (χ1n) is 6.01. The van der Waals surface area contributed by atoms with Gasteiger partial charge >= 0.3 is 0 Å². The molecule has 0 aliphatic carbocycles. The molecule has 1 aromatic heterocycles. The molecule has 0 bridgehead atoms. The summed E-state index contributed by atoms with van der Waals surface area (Å²) in [6.45, 7) is 6.74. The largest absolute Gasteiger partial charge is 0.382 e. The third-order valence-electron chi connectivity index (χ3n) is 3.92. The van der Waals surface area contributed by atoms with Crippen molar-refractivity contribution in [3.8, 4) is 0 Å². The van der Waals surface area contributed by atoms with Gasteiger partial charge < -0.3 is 10.6 Å². The number of aromatic nitrogens is 2. The van der Waals surface area contributed by atoms with Crippen molar-refractivity contribution < 1.29 is 0 Å². The molecule has 0 atom stereocenters. The Labute approximate surface area is 96.9 Å². The van der Waals surface area contributed by atoms with Gasteiger partial charge in [0.2, 0.25) is 0 Å². The van der Waals surface area contributed by atoms with Crippen LogP contribution in [0.1, 0.15) is 33.1 Å². The first-order valence-corrected chi connectivity index (χ1v) is 6.01. The predicted molar refractivity (Wildman–Crippen MR) is 66.3 cm³/mol. The highest BCUT2D eigenvalue weighted by atomic mass is 15.2. The molecule has 1 fully saturated rings. The number of hydrogen-bond donors (Lipinski definition) is 1. The molecular formula is C12H20N4. The van der Waals surface area contributed by atoms with Crippen molar-refractivity contribution in [1.29, 1.82) is 0 Å². The maximum atomic E-state index is 5.54. The minimum Gasteiger partial charge on any atom is -0.382 e. The smallest absolute Gasteiger partial charge is 0.147 e. The lowest BCUT2D eigenvalue weighted by atomic mass is 9.82. The lowest BCUT2D eigenvalue weighted by molar-refractivity contribution is 0.301. The first-order chi connectivity index (χ1) is 7.69. The van der Waals surface area contributed by atoms with Crippen molar-refractivity contribution in [2.75, 3.05) is 23.7 Å². The lowest BCUT2D eigenvalue weighted by Gasteiger charge is -2.26. The number of nitrogens with zero attached hydrogens (tertiary/aromatic N) is 3. The van der Waals surface area contributed by atoms with E-state index in [1.807, 2.05) is 0 Å². The Balaban J connectivity index is 2.11. The van der Waals surface area contributed by atoms with E-state index in [2.05, 4.69) is 28.7 Å². The van der Waals surface area contributed by atoms with E-state index in [9.17, 15) is 0 Å². The average molecular weight is 220 g/mol. The summed E-state index contributed by atoms with van der Waals surface area (Å²) in [7, 11) is 0. The predicted octanol–water partition coefficient (Wildman–Crippen LogP) is 2.08. The molecule has 1 saturated heterocycles. The van der Waals surface area contributed by atoms with E-state index >= 15 is 0 Å². The van der Waals surface area contributed by atoms with Gasteiger partial charge in [0.25, 0.3) is 0 Å². The zero-order valence-corrected chi connectivity index (χ0v) is 10.1. The van der Waals surface area contributed by atoms with Crippen molar-refractivity contribution in [2.45, 2.75) is 33.1 Å². The third-order valence-corrected chi connectivity index (χ3v) is 3.92. The van der Waals surface area contributed by atoms with Crippen LogP contribution in [0.3, 0.4) is 0 Å². The van der Waals surface area contributed by atoms with Gasteiger partial charge in [0.1, 0.15) is 11.6 Å². The second-order valence-electron chi connectivity index (χ2n) is 4.68. The van der Waals surface area contributed by atoms with Crippen LogP contribution in [0.5, 0.6) is 0 Å². The lowest BCUT2D eigenvalue weighted by Crippen LogP contribution is -2.26. The Morgan fingerprint density at radius 2 is 2.06 bits per heavy atom. The Morgan fingerprint density at radius 1 is 1.31 bits per heavy atom. The topological polar surface area (TPSA) is 55.0 Å². The normalized spacial score (nSPS) is 19.0. The molecule has 1 aromatic rings. The van der Waals surface area contributed by atoms with Gasteiger partial charge in [-0.2, -0.15) is 0 Å². The summed E-state index contributed by atoms with van der Waals surface area (Å²) >= 11 is 0. The molecule has 2 heterocycles. The SMILES string of the molecule is CCC1(CC)CCN(c2cnc(N)cn2)C1. The molecular weight excluding hydrogens is 200 g/mol. The minimum absolute atomic E-state index is 0.475. The fourth-order valence-electron chi connectivity index (χ4n) is 2.45. The number of rotatable bonds is 3. The van der Waals surface area contributed by atoms with Gasteiger partial charge in [-0.05, 0) is 24.7 Å². The molecule has 2 rings (SSSR count). The van der Waals surface area contributed by atoms with Crippen LogP contribution in [-0.2, 0) is 0 Å². The van der Waals surface area contributed by atoms with E-state index in [4.69, 9.17) is 5.73 Å². The van der Waals surface area contributed by atoms with Crippen molar-refractivity contribution in [1.82, 2.24) is 9.97 Å². The standard InChI is InChI=1S/C12H20N4/c1-3-12(4-2)5-6-16(9-12)11-8-14-10(13)7-15-11/h7-8H,3-6,9H2,1-2H3,(H2,13,14). The number of nitrogens with two attached hydrogens (primary N) is 1. The molecule has 0 unspecified atom stereocenters. The summed E-state index contributed by atoms with van der Waals surface area (Å²) in [5.74, 6) is 1.44. The molecule has 0 aromatic carbocycles. The van der Waals surface area contributed by atoms with Gasteiger partial charge in [0.05, 0.1) is 12.4 Å². The number of anilines is 2. The van der Waals surface area contributed by atoms with E-state index in [1.54, 1.807) is 12.4 Å². The summed E-state index contributed by atoms with van der Waals surface area (Å²) in [5.41, 5.74) is 6.01. The Kier molecular flexibility index (Phi) is 2.99. The average Bonchev–Trinajstić information content (AvgIpc) is 2.75. The molecule has 0 spiro atoms. The van der Waals surface area contributed by atoms with Gasteiger partial charge in [-0.25, -0.2) is 9.97 Å². The van der Waals surface area contributed by atoms with E-state index in [1.165, 1.54) is 19.3 Å². The number of nitrogen functional groups attached to an aromatic ring is 1. The van der Waals surface area contributed by atoms with Crippen LogP contribution >= 0.6 is 0 Å². The molecule has 0 saturated carbocycles. The summed E-state index contributed by atoms with van der Waals surface area (Å²) in [5, 5.41) is 0. The van der Waals surface area contributed by atoms with Gasteiger partial charge in [0, 0.05) is 13.1 Å². The van der Waals surface area contributed by atoms with Crippen molar-refractivity contribution >= 4 is 11.6 Å². The van der Waals surface area contributed by atoms with Crippen LogP contribution in [0.25, 0.3) is 0 Å². The zero-order valence-electron chi connectivity index (χ0n) is 10.1. The first kappa shape index (κ1) is 11.2. The summed E-state index contributed by atoms with van der Waals surface area (Å²) in [6.07, 6.45) is 7.14. The van der Waals surface area contributed by atoms with Crippen LogP contribution in [0.2, 0.25) is 0 Å². The van der Waals surface area contributed by atoms with Gasteiger partial charge in [-0.1, -0.05) is 13.8 Å². The Morgan fingerprint density at radius 3 is 2.56 bits per heavy atom. The maximum Gasteiger partial charge on any atom is 0.147 e. The summed E-state index contributed by atoms with van der Waals surface area (Å²) in [6, 6.07) is 0. The molecule has 1 aliphatic heterocycles. The van der Waals surface area contributed by atoms with Gasteiger partial charge in [-0.3, -0.25) is 0 Å². The summed E-state index contributed by atoms with van der Waals surface area (Å²) < 4.78 is 0. The van der Waals surface area contributed by atoms with Crippen LogP contribution in [0.15, 0.2) is 12.4 Å². The molecule has 4 heteroatoms. The highest BCUT2D eigenvalue weighted by molar-refractivity contribution is 5.41. The van der Waals surface area contributed by atoms with E-state index in [0.29, 0.717) is 11.2 Å². The monoisotopic (exact) mass is 220 g/mol. The fraction of sp³-hybridized carbons (Fsp3) is 0.667. The number of hydrogen-bond acceptors (Lipinski definition) is 4. The highest BCUT2D eigenvalue weighted by Gasteiger charge is 2.35. The van der Waals surface area contributed by atoms with Crippen LogP contribution in [0.4, 0.5) is 11.6 Å². The van der Waals surface area contributed by atoms with Gasteiger partial charge in [0.15, 0.2) is 0 Å². The summed E-state index contributed by atoms with van der Waals surface area (Å²) in [4.78, 5) is 10.7. The molecule has 1 aliphatic rings. The van der Waals surface area contributed by atoms with E-state index in [-0.39, 0.29) is 0 Å². The molecule has 88 valence electrons. The minimum atomic E-state index is 0.475. The van der Waals surface area contributed by atoms with E-state index in [0.717, 1.165) is 18.9 Å². The Hall–Kier alpha value is -1.32. The Bertz CT molecular complexity index is 343. The second-order valence-corrected chi connectivity index (χ2v) is 4.68. The molecule has 2 N–H and O–H groups in total. The molecule has 0 amide bonds. The highest BCUT2D eigenvalue weighted by Crippen LogP contribution is 2.38. The maximum absolute atomic E-state index is 5.54. The molecule has 0 radical (unpaired) electrons. The molecule has 4 nitrogen and oxygen atoms in total. The molecule has 16 heavy (non-hydrogen) atoms. The van der Waals surface area contributed by atoms with Gasteiger partial charge in [-0.15, -0.1) is 0 Å². The third kappa shape index (κ3) is 1.96. The quantitative estimate of drug-likeness (QED) is 0.847. The zero-order chi connectivity index (χ0) is 11.6.